The first-order chi connectivity index (χ1) is 9.20. The number of carbonyl (C=O) groups is 1. The molecule has 0 aliphatic rings. The number of nitrogens with one attached hydrogen (secondary N) is 1. The second-order valence-electron chi connectivity index (χ2n) is 4.00. The van der Waals surface area contributed by atoms with Gasteiger partial charge in [-0.3, -0.25) is 4.79 Å². The molecule has 5 heteroatoms. The molecule has 2 rings (SSSR count). The van der Waals surface area contributed by atoms with E-state index < -0.39 is 0 Å². The monoisotopic (exact) mass is 291 g/mol. The maximum atomic E-state index is 12.0. The third-order valence-corrected chi connectivity index (χ3v) is 2.63. The molecule has 0 radical (unpaired) electrons. The van der Waals surface area contributed by atoms with Gasteiger partial charge < -0.3 is 28.2 Å². The number of nitrogen functional groups attached to an aromatic ring is 1. The summed E-state index contributed by atoms with van der Waals surface area (Å²) < 4.78 is 5.34. The average Bonchev–Trinajstić information content (AvgIpc) is 2.42. The Morgan fingerprint density at radius 3 is 2.40 bits per heavy atom. The summed E-state index contributed by atoms with van der Waals surface area (Å²) in [4.78, 5) is 12.0. The summed E-state index contributed by atoms with van der Waals surface area (Å²) in [5.74, 6) is 0.557. The van der Waals surface area contributed by atoms with Gasteiger partial charge in [0.05, 0.1) is 12.2 Å². The minimum atomic E-state index is -0.220. The topological polar surface area (TPSA) is 64.3 Å². The molecule has 0 fully saturated rings. The van der Waals surface area contributed by atoms with Crippen LogP contribution >= 0.6 is 0 Å². The average molecular weight is 292 g/mol. The Bertz CT molecular complexity index is 570. The molecule has 1 amide bonds. The molecule has 3 N–H and O–H groups in total. The smallest absolute Gasteiger partial charge is 0.257 e. The second-order valence-corrected chi connectivity index (χ2v) is 4.00. The predicted molar refractivity (Wildman–Crippen MR) is 76.4 cm³/mol. The number of halogens is 1. The molecule has 0 spiro atoms. The minimum Gasteiger partial charge on any atom is -1.00 e. The number of rotatable bonds is 4. The molecule has 0 atom stereocenters. The van der Waals surface area contributed by atoms with Gasteiger partial charge >= 0.3 is 0 Å². The Morgan fingerprint density at radius 2 is 1.80 bits per heavy atom. The Morgan fingerprint density at radius 1 is 1.15 bits per heavy atom. The standard InChI is InChI=1S/C15H16N2O2.ClH/c1-2-19-12-9-7-11(8-10-12)17-15(18)13-5-3-4-6-14(13)16;/h3-10H,2,16H2,1H3,(H,17,18);1H/p-1. The van der Waals surface area contributed by atoms with Gasteiger partial charge in [-0.1, -0.05) is 12.1 Å². The number of ether oxygens (including phenoxy) is 1. The number of nitrogens with two attached hydrogens (primary N) is 1. The number of benzene rings is 2. The van der Waals surface area contributed by atoms with Crippen LogP contribution in [0.25, 0.3) is 0 Å². The van der Waals surface area contributed by atoms with Gasteiger partial charge in [0.1, 0.15) is 5.75 Å². The van der Waals surface area contributed by atoms with Crippen molar-refractivity contribution in [1.29, 1.82) is 0 Å². The van der Waals surface area contributed by atoms with Crippen LogP contribution in [0.4, 0.5) is 11.4 Å². The molecular formula is C15H16ClN2O2-. The number of anilines is 2. The van der Waals surface area contributed by atoms with Gasteiger partial charge in [-0.15, -0.1) is 0 Å². The fourth-order valence-corrected chi connectivity index (χ4v) is 1.70. The third kappa shape index (κ3) is 3.90. The molecular weight excluding hydrogens is 276 g/mol. The van der Waals surface area contributed by atoms with Crippen molar-refractivity contribution in [2.75, 3.05) is 17.7 Å². The minimum absolute atomic E-state index is 0. The lowest BCUT2D eigenvalue weighted by Gasteiger charge is -2.08. The first kappa shape index (κ1) is 15.9. The van der Waals surface area contributed by atoms with Crippen LogP contribution in [-0.2, 0) is 0 Å². The molecule has 0 aliphatic heterocycles. The number of carbonyl (C=O) groups excluding carboxylic acids is 1. The van der Waals surface area contributed by atoms with Gasteiger partial charge in [0.25, 0.3) is 5.91 Å². The van der Waals surface area contributed by atoms with E-state index in [-0.39, 0.29) is 18.3 Å². The number of hydrogen-bond donors (Lipinski definition) is 2. The summed E-state index contributed by atoms with van der Waals surface area (Å²) in [6.07, 6.45) is 0. The summed E-state index contributed by atoms with van der Waals surface area (Å²) >= 11 is 0. The fourth-order valence-electron chi connectivity index (χ4n) is 1.70. The van der Waals surface area contributed by atoms with Crippen molar-refractivity contribution in [3.63, 3.8) is 0 Å². The highest BCUT2D eigenvalue weighted by Gasteiger charge is 2.08. The van der Waals surface area contributed by atoms with Crippen LogP contribution in [0.15, 0.2) is 48.5 Å². The highest BCUT2D eigenvalue weighted by molar-refractivity contribution is 6.07. The Labute approximate surface area is 124 Å². The number of para-hydroxylation sites is 1. The summed E-state index contributed by atoms with van der Waals surface area (Å²) in [6, 6.07) is 14.2. The van der Waals surface area contributed by atoms with Gasteiger partial charge in [-0.05, 0) is 43.3 Å². The Balaban J connectivity index is 0.00000200. The molecule has 0 aliphatic carbocycles. The van der Waals surface area contributed by atoms with Gasteiger partial charge in [-0.25, -0.2) is 0 Å². The summed E-state index contributed by atoms with van der Waals surface area (Å²) in [5.41, 5.74) is 7.40. The predicted octanol–water partition coefficient (Wildman–Crippen LogP) is -0.0762. The van der Waals surface area contributed by atoms with Gasteiger partial charge in [0.15, 0.2) is 0 Å². The zero-order valence-electron chi connectivity index (χ0n) is 11.1. The maximum Gasteiger partial charge on any atom is 0.257 e. The van der Waals surface area contributed by atoms with E-state index in [0.717, 1.165) is 5.75 Å². The van der Waals surface area contributed by atoms with Gasteiger partial charge in [0.2, 0.25) is 0 Å². The maximum absolute atomic E-state index is 12.0. The van der Waals surface area contributed by atoms with E-state index in [4.69, 9.17) is 10.5 Å². The highest BCUT2D eigenvalue weighted by atomic mass is 35.5. The van der Waals surface area contributed by atoms with Crippen LogP contribution < -0.4 is 28.2 Å². The molecule has 4 nitrogen and oxygen atoms in total. The van der Waals surface area contributed by atoms with Crippen molar-refractivity contribution in [2.45, 2.75) is 6.92 Å². The summed E-state index contributed by atoms with van der Waals surface area (Å²) in [5, 5.41) is 2.79. The van der Waals surface area contributed by atoms with Crippen LogP contribution in [-0.4, -0.2) is 12.5 Å². The quantitative estimate of drug-likeness (QED) is 0.775. The van der Waals surface area contributed by atoms with Crippen LogP contribution in [0.2, 0.25) is 0 Å². The fraction of sp³-hybridized carbons (Fsp3) is 0.133. The molecule has 0 unspecified atom stereocenters. The van der Waals surface area contributed by atoms with Gasteiger partial charge in [0, 0.05) is 11.4 Å². The third-order valence-electron chi connectivity index (χ3n) is 2.63. The number of amides is 1. The SMILES string of the molecule is CCOc1ccc(NC(=O)c2ccccc2N)cc1.[Cl-]. The molecule has 0 saturated carbocycles. The largest absolute Gasteiger partial charge is 1.00 e. The zero-order chi connectivity index (χ0) is 13.7. The van der Waals surface area contributed by atoms with E-state index in [0.29, 0.717) is 23.5 Å². The highest BCUT2D eigenvalue weighted by Crippen LogP contribution is 2.18. The normalized spacial score (nSPS) is 9.45. The second kappa shape index (κ2) is 7.40. The molecule has 0 heterocycles. The van der Waals surface area contributed by atoms with Gasteiger partial charge in [-0.2, -0.15) is 0 Å². The molecule has 0 saturated heterocycles. The van der Waals surface area contributed by atoms with E-state index in [9.17, 15) is 4.79 Å². The van der Waals surface area contributed by atoms with Crippen molar-refractivity contribution in [2.24, 2.45) is 0 Å². The Kier molecular flexibility index (Phi) is 5.87. The van der Waals surface area contributed by atoms with Crippen molar-refractivity contribution >= 4 is 17.3 Å². The first-order valence-corrected chi connectivity index (χ1v) is 6.09. The summed E-state index contributed by atoms with van der Waals surface area (Å²) in [6.45, 7) is 2.54. The van der Waals surface area contributed by atoms with Crippen molar-refractivity contribution in [3.05, 3.63) is 54.1 Å². The number of hydrogen-bond acceptors (Lipinski definition) is 3. The molecule has 106 valence electrons. The molecule has 20 heavy (non-hydrogen) atoms. The summed E-state index contributed by atoms with van der Waals surface area (Å²) in [7, 11) is 0. The first-order valence-electron chi connectivity index (χ1n) is 6.09. The lowest BCUT2D eigenvalue weighted by Crippen LogP contribution is -3.00. The molecule has 2 aromatic carbocycles. The van der Waals surface area contributed by atoms with E-state index >= 15 is 0 Å². The van der Waals surface area contributed by atoms with Crippen LogP contribution in [0, 0.1) is 0 Å². The van der Waals surface area contributed by atoms with Crippen LogP contribution in [0.3, 0.4) is 0 Å². The van der Waals surface area contributed by atoms with E-state index in [1.807, 2.05) is 19.1 Å². The van der Waals surface area contributed by atoms with Crippen molar-refractivity contribution in [3.8, 4) is 5.75 Å². The van der Waals surface area contributed by atoms with Crippen molar-refractivity contribution < 1.29 is 21.9 Å². The van der Waals surface area contributed by atoms with Crippen LogP contribution in [0.5, 0.6) is 5.75 Å². The molecule has 0 aromatic heterocycles. The lowest BCUT2D eigenvalue weighted by molar-refractivity contribution is -0.0000121. The van der Waals surface area contributed by atoms with E-state index in [1.54, 1.807) is 36.4 Å². The van der Waals surface area contributed by atoms with E-state index in [1.165, 1.54) is 0 Å². The molecule has 0 bridgehead atoms. The lowest BCUT2D eigenvalue weighted by atomic mass is 10.1. The molecule has 2 aromatic rings. The van der Waals surface area contributed by atoms with Crippen molar-refractivity contribution in [1.82, 2.24) is 0 Å². The zero-order valence-corrected chi connectivity index (χ0v) is 11.9. The van der Waals surface area contributed by atoms with Crippen LogP contribution in [0.1, 0.15) is 17.3 Å². The Hall–Kier alpha value is -2.20. The van der Waals surface area contributed by atoms with E-state index in [2.05, 4.69) is 5.32 Å².